The van der Waals surface area contributed by atoms with Crippen LogP contribution in [0.2, 0.25) is 0 Å². The Hall–Kier alpha value is -0.830. The summed E-state index contributed by atoms with van der Waals surface area (Å²) >= 11 is 0. The normalized spacial score (nSPS) is 41.9. The third kappa shape index (κ3) is 1.71. The molecule has 0 amide bonds. The van der Waals surface area contributed by atoms with E-state index in [9.17, 15) is 0 Å². The van der Waals surface area contributed by atoms with Crippen molar-refractivity contribution in [1.82, 2.24) is 15.5 Å². The Morgan fingerprint density at radius 3 is 2.45 bits per heavy atom. The summed E-state index contributed by atoms with van der Waals surface area (Å²) in [6.45, 7) is 2.14. The minimum atomic E-state index is 0.620. The predicted octanol–water partition coefficient (Wildman–Crippen LogP) is 2.81. The first-order valence-corrected chi connectivity index (χ1v) is 8.55. The number of hydrogen-bond acceptors (Lipinski definition) is 2. The molecular weight excluding hydrogens is 246 g/mol. The van der Waals surface area contributed by atoms with E-state index in [1.165, 1.54) is 42.6 Å². The quantitative estimate of drug-likeness (QED) is 0.868. The van der Waals surface area contributed by atoms with E-state index in [0.29, 0.717) is 5.41 Å². The van der Waals surface area contributed by atoms with Crippen LogP contribution in [-0.2, 0) is 19.4 Å². The molecule has 0 radical (unpaired) electrons. The van der Waals surface area contributed by atoms with Crippen LogP contribution in [-0.4, -0.2) is 16.7 Å². The van der Waals surface area contributed by atoms with E-state index in [-0.39, 0.29) is 0 Å². The number of fused-ring (bicyclic) bond motifs is 1. The summed E-state index contributed by atoms with van der Waals surface area (Å²) in [4.78, 5) is 0. The highest BCUT2D eigenvalue weighted by Crippen LogP contribution is 2.61. The van der Waals surface area contributed by atoms with Gasteiger partial charge in [-0.25, -0.2) is 0 Å². The number of nitrogens with zero attached hydrogens (tertiary/aromatic N) is 1. The molecule has 0 atom stereocenters. The summed E-state index contributed by atoms with van der Waals surface area (Å²) in [7, 11) is 0. The lowest BCUT2D eigenvalue weighted by atomic mass is 9.48. The molecule has 3 nitrogen and oxygen atoms in total. The smallest absolute Gasteiger partial charge is 0.0675 e. The van der Waals surface area contributed by atoms with E-state index in [4.69, 9.17) is 5.10 Å². The van der Waals surface area contributed by atoms with Gasteiger partial charge in [0.2, 0.25) is 0 Å². The van der Waals surface area contributed by atoms with E-state index < -0.39 is 0 Å². The molecule has 0 unspecified atom stereocenters. The topological polar surface area (TPSA) is 40.7 Å². The molecule has 6 rings (SSSR count). The van der Waals surface area contributed by atoms with Crippen molar-refractivity contribution < 1.29 is 0 Å². The fourth-order valence-corrected chi connectivity index (χ4v) is 6.29. The fraction of sp³-hybridized carbons (Fsp3) is 0.824. The largest absolute Gasteiger partial charge is 0.312 e. The predicted molar refractivity (Wildman–Crippen MR) is 78.3 cm³/mol. The van der Waals surface area contributed by atoms with Crippen LogP contribution >= 0.6 is 0 Å². The first-order chi connectivity index (χ1) is 9.80. The summed E-state index contributed by atoms with van der Waals surface area (Å²) in [5, 5.41) is 11.5. The van der Waals surface area contributed by atoms with Crippen LogP contribution in [0.3, 0.4) is 0 Å². The molecule has 4 bridgehead atoms. The number of H-pyrrole nitrogens is 1. The average molecular weight is 271 g/mol. The third-order valence-electron chi connectivity index (χ3n) is 6.60. The molecule has 20 heavy (non-hydrogen) atoms. The molecule has 0 spiro atoms. The lowest BCUT2D eigenvalue weighted by Crippen LogP contribution is -2.47. The maximum Gasteiger partial charge on any atom is 0.0675 e. The highest BCUT2D eigenvalue weighted by Gasteiger charge is 2.51. The molecule has 0 aromatic carbocycles. The molecule has 0 saturated heterocycles. The van der Waals surface area contributed by atoms with Crippen LogP contribution in [0.5, 0.6) is 0 Å². The van der Waals surface area contributed by atoms with Crippen LogP contribution in [0.4, 0.5) is 0 Å². The van der Waals surface area contributed by atoms with Gasteiger partial charge in [-0.1, -0.05) is 0 Å². The summed E-state index contributed by atoms with van der Waals surface area (Å²) in [5.74, 6) is 3.15. The van der Waals surface area contributed by atoms with Crippen molar-refractivity contribution in [2.45, 2.75) is 57.9 Å². The summed E-state index contributed by atoms with van der Waals surface area (Å²) < 4.78 is 0. The fourth-order valence-electron chi connectivity index (χ4n) is 6.29. The molecule has 4 saturated carbocycles. The van der Waals surface area contributed by atoms with Crippen LogP contribution in [0.1, 0.15) is 55.5 Å². The first-order valence-electron chi connectivity index (χ1n) is 8.55. The zero-order valence-corrected chi connectivity index (χ0v) is 12.3. The van der Waals surface area contributed by atoms with Crippen molar-refractivity contribution in [2.75, 3.05) is 6.54 Å². The van der Waals surface area contributed by atoms with E-state index in [0.717, 1.165) is 37.3 Å². The van der Waals surface area contributed by atoms with E-state index >= 15 is 0 Å². The molecule has 1 aliphatic heterocycles. The van der Waals surface area contributed by atoms with Crippen LogP contribution in [0, 0.1) is 23.2 Å². The van der Waals surface area contributed by atoms with Gasteiger partial charge < -0.3 is 5.32 Å². The van der Waals surface area contributed by atoms with E-state index in [2.05, 4.69) is 10.4 Å². The molecule has 3 heteroatoms. The van der Waals surface area contributed by atoms with Gasteiger partial charge in [0.05, 0.1) is 5.69 Å². The van der Waals surface area contributed by atoms with Gasteiger partial charge in [0.25, 0.3) is 0 Å². The zero-order chi connectivity index (χ0) is 13.2. The van der Waals surface area contributed by atoms with Crippen LogP contribution < -0.4 is 5.32 Å². The van der Waals surface area contributed by atoms with Crippen molar-refractivity contribution in [2.24, 2.45) is 23.2 Å². The molecule has 1 aromatic heterocycles. The molecule has 4 aliphatic carbocycles. The monoisotopic (exact) mass is 271 g/mol. The van der Waals surface area contributed by atoms with Crippen LogP contribution in [0.25, 0.3) is 0 Å². The Kier molecular flexibility index (Phi) is 2.41. The molecule has 4 fully saturated rings. The standard InChI is InChI=1S/C17H25N3/c1-2-18-10-14-15(1)19-20-16(14)9-17-6-11-3-12(7-17)5-13(4-11)8-17/h11-13,18H,1-10H2,(H,19,20). The Balaban J connectivity index is 1.45. The lowest BCUT2D eigenvalue weighted by Gasteiger charge is -2.57. The van der Waals surface area contributed by atoms with Gasteiger partial charge in [-0.05, 0) is 68.1 Å². The van der Waals surface area contributed by atoms with Gasteiger partial charge in [0.15, 0.2) is 0 Å². The van der Waals surface area contributed by atoms with Crippen LogP contribution in [0.15, 0.2) is 0 Å². The Morgan fingerprint density at radius 2 is 1.75 bits per heavy atom. The maximum absolute atomic E-state index is 4.71. The number of aromatic nitrogens is 2. The average Bonchev–Trinajstić information content (AvgIpc) is 2.80. The highest BCUT2D eigenvalue weighted by molar-refractivity contribution is 5.29. The van der Waals surface area contributed by atoms with Gasteiger partial charge in [-0.2, -0.15) is 5.10 Å². The molecular formula is C17H25N3. The summed E-state index contributed by atoms with van der Waals surface area (Å²) in [5.41, 5.74) is 4.93. The zero-order valence-electron chi connectivity index (χ0n) is 12.3. The Morgan fingerprint density at radius 1 is 1.05 bits per heavy atom. The molecule has 2 N–H and O–H groups in total. The summed E-state index contributed by atoms with van der Waals surface area (Å²) in [6.07, 6.45) is 11.5. The minimum Gasteiger partial charge on any atom is -0.312 e. The Labute approximate surface area is 120 Å². The van der Waals surface area contributed by atoms with E-state index in [1.807, 2.05) is 0 Å². The van der Waals surface area contributed by atoms with E-state index in [1.54, 1.807) is 19.3 Å². The second-order valence-electron chi connectivity index (χ2n) is 8.15. The SMILES string of the molecule is C1Cc2[nH]nc(CC34CC5CC(CC(C5)C3)C4)c2CN1. The van der Waals surface area contributed by atoms with Crippen molar-refractivity contribution in [3.63, 3.8) is 0 Å². The first kappa shape index (κ1) is 11.8. The highest BCUT2D eigenvalue weighted by atomic mass is 15.1. The van der Waals surface area contributed by atoms with Gasteiger partial charge in [-0.15, -0.1) is 0 Å². The van der Waals surface area contributed by atoms with Gasteiger partial charge in [0, 0.05) is 30.8 Å². The third-order valence-corrected chi connectivity index (χ3v) is 6.60. The van der Waals surface area contributed by atoms with Gasteiger partial charge in [-0.3, -0.25) is 5.10 Å². The lowest BCUT2D eigenvalue weighted by molar-refractivity contribution is -0.0527. The van der Waals surface area contributed by atoms with Gasteiger partial charge in [0.1, 0.15) is 0 Å². The second kappa shape index (κ2) is 4.09. The van der Waals surface area contributed by atoms with Crippen molar-refractivity contribution in [3.05, 3.63) is 17.0 Å². The summed E-state index contributed by atoms with van der Waals surface area (Å²) in [6, 6.07) is 0. The Bertz CT molecular complexity index is 495. The molecule has 1 aromatic rings. The van der Waals surface area contributed by atoms with Crippen molar-refractivity contribution in [3.8, 4) is 0 Å². The molecule has 5 aliphatic rings. The minimum absolute atomic E-state index is 0.620. The molecule has 2 heterocycles. The number of rotatable bonds is 2. The van der Waals surface area contributed by atoms with Crippen molar-refractivity contribution >= 4 is 0 Å². The second-order valence-corrected chi connectivity index (χ2v) is 8.15. The molecule has 108 valence electrons. The van der Waals surface area contributed by atoms with Crippen molar-refractivity contribution in [1.29, 1.82) is 0 Å². The maximum atomic E-state index is 4.71. The number of aromatic amines is 1. The number of hydrogen-bond donors (Lipinski definition) is 2. The number of nitrogens with one attached hydrogen (secondary N) is 2. The van der Waals surface area contributed by atoms with Gasteiger partial charge >= 0.3 is 0 Å².